The molecule has 0 fully saturated rings. The third-order valence-corrected chi connectivity index (χ3v) is 3.12. The number of ether oxygens (including phenoxy) is 1. The van der Waals surface area contributed by atoms with E-state index in [1.165, 1.54) is 32.2 Å². The molecule has 0 saturated carbocycles. The van der Waals surface area contributed by atoms with Gasteiger partial charge >= 0.3 is 11.9 Å². The molecular formula is C20H20O6. The van der Waals surface area contributed by atoms with Gasteiger partial charge in [0.05, 0.1) is 7.11 Å². The molecule has 0 atom stereocenters. The van der Waals surface area contributed by atoms with Gasteiger partial charge in [-0.25, -0.2) is 9.59 Å². The summed E-state index contributed by atoms with van der Waals surface area (Å²) in [5.74, 6) is -0.957. The molecule has 0 spiro atoms. The Bertz CT molecular complexity index is 784. The molecule has 2 aromatic carbocycles. The number of rotatable bonds is 4. The predicted molar refractivity (Wildman–Crippen MR) is 98.6 cm³/mol. The van der Waals surface area contributed by atoms with Crippen molar-refractivity contribution >= 4 is 24.1 Å². The number of benzene rings is 2. The van der Waals surface area contributed by atoms with Crippen LogP contribution in [0.25, 0.3) is 12.2 Å². The van der Waals surface area contributed by atoms with Gasteiger partial charge in [0, 0.05) is 11.6 Å². The van der Waals surface area contributed by atoms with Crippen LogP contribution in [0.3, 0.4) is 0 Å². The van der Waals surface area contributed by atoms with Gasteiger partial charge in [-0.05, 0) is 54.5 Å². The molecule has 0 unspecified atom stereocenters. The lowest BCUT2D eigenvalue weighted by Gasteiger charge is -1.95. The number of carboxylic acid groups (broad SMARTS) is 1. The monoisotopic (exact) mass is 356 g/mol. The number of carbonyl (C=O) groups excluding carboxylic acids is 1. The summed E-state index contributed by atoms with van der Waals surface area (Å²) in [4.78, 5) is 21.1. The molecule has 6 heteroatoms. The second-order valence-corrected chi connectivity index (χ2v) is 5.17. The second kappa shape index (κ2) is 10.4. The minimum Gasteiger partial charge on any atom is -0.508 e. The average molecular weight is 356 g/mol. The fraction of sp³-hybridized carbons (Fsp3) is 0.100. The van der Waals surface area contributed by atoms with Crippen molar-refractivity contribution in [2.45, 2.75) is 6.92 Å². The Morgan fingerprint density at radius 2 is 1.35 bits per heavy atom. The van der Waals surface area contributed by atoms with Gasteiger partial charge < -0.3 is 20.1 Å². The first-order valence-corrected chi connectivity index (χ1v) is 7.57. The molecule has 0 aliphatic rings. The van der Waals surface area contributed by atoms with Crippen LogP contribution < -0.4 is 0 Å². The molecule has 0 bridgehead atoms. The summed E-state index contributed by atoms with van der Waals surface area (Å²) < 4.78 is 4.42. The van der Waals surface area contributed by atoms with Crippen molar-refractivity contribution in [2.24, 2.45) is 0 Å². The van der Waals surface area contributed by atoms with Crippen LogP contribution in [0, 0.1) is 0 Å². The molecule has 0 amide bonds. The van der Waals surface area contributed by atoms with Crippen LogP contribution >= 0.6 is 0 Å². The summed E-state index contributed by atoms with van der Waals surface area (Å²) >= 11 is 0. The molecule has 136 valence electrons. The lowest BCUT2D eigenvalue weighted by atomic mass is 10.1. The van der Waals surface area contributed by atoms with Crippen LogP contribution in [0.15, 0.2) is 60.2 Å². The van der Waals surface area contributed by atoms with Gasteiger partial charge in [-0.3, -0.25) is 0 Å². The van der Waals surface area contributed by atoms with E-state index in [9.17, 15) is 9.59 Å². The number of esters is 1. The Labute approximate surface area is 151 Å². The van der Waals surface area contributed by atoms with E-state index in [1.807, 2.05) is 0 Å². The van der Waals surface area contributed by atoms with Crippen LogP contribution in [0.5, 0.6) is 11.5 Å². The average Bonchev–Trinajstić information content (AvgIpc) is 2.63. The van der Waals surface area contributed by atoms with Crippen LogP contribution in [0.1, 0.15) is 18.1 Å². The lowest BCUT2D eigenvalue weighted by molar-refractivity contribution is -0.135. The number of carbonyl (C=O) groups is 2. The molecule has 0 heterocycles. The van der Waals surface area contributed by atoms with Crippen molar-refractivity contribution in [3.05, 3.63) is 71.3 Å². The van der Waals surface area contributed by atoms with E-state index in [4.69, 9.17) is 15.3 Å². The smallest absolute Gasteiger partial charge is 0.331 e. The van der Waals surface area contributed by atoms with Gasteiger partial charge in [0.2, 0.25) is 0 Å². The van der Waals surface area contributed by atoms with E-state index in [2.05, 4.69) is 4.74 Å². The van der Waals surface area contributed by atoms with Crippen molar-refractivity contribution in [3.8, 4) is 11.5 Å². The molecule has 0 aromatic heterocycles. The number of aliphatic carboxylic acids is 1. The first-order chi connectivity index (χ1) is 12.3. The zero-order valence-corrected chi connectivity index (χ0v) is 14.4. The fourth-order valence-corrected chi connectivity index (χ4v) is 1.70. The van der Waals surface area contributed by atoms with Gasteiger partial charge in [0.25, 0.3) is 0 Å². The minimum absolute atomic E-state index is 0.171. The van der Waals surface area contributed by atoms with Crippen molar-refractivity contribution in [1.82, 2.24) is 0 Å². The Balaban J connectivity index is 0.000000260. The molecule has 2 rings (SSSR count). The summed E-state index contributed by atoms with van der Waals surface area (Å²) in [7, 11) is 1.32. The molecule has 26 heavy (non-hydrogen) atoms. The third-order valence-electron chi connectivity index (χ3n) is 3.12. The number of methoxy groups -OCH3 is 1. The van der Waals surface area contributed by atoms with Crippen LogP contribution in [0.2, 0.25) is 0 Å². The Hall–Kier alpha value is -3.54. The molecule has 6 nitrogen and oxygen atoms in total. The first-order valence-electron chi connectivity index (χ1n) is 7.57. The van der Waals surface area contributed by atoms with Gasteiger partial charge in [-0.15, -0.1) is 0 Å². The maximum Gasteiger partial charge on any atom is 0.331 e. The van der Waals surface area contributed by atoms with Crippen LogP contribution in [0.4, 0.5) is 0 Å². The maximum absolute atomic E-state index is 10.7. The number of hydrogen-bond donors (Lipinski definition) is 3. The molecule has 0 aliphatic heterocycles. The zero-order valence-electron chi connectivity index (χ0n) is 14.4. The zero-order chi connectivity index (χ0) is 19.5. The highest BCUT2D eigenvalue weighted by Gasteiger charge is 1.99. The molecule has 0 radical (unpaired) electrons. The van der Waals surface area contributed by atoms with Crippen molar-refractivity contribution in [1.29, 1.82) is 0 Å². The first kappa shape index (κ1) is 20.5. The molecular weight excluding hydrogens is 336 g/mol. The van der Waals surface area contributed by atoms with E-state index in [0.29, 0.717) is 0 Å². The van der Waals surface area contributed by atoms with E-state index in [1.54, 1.807) is 48.6 Å². The van der Waals surface area contributed by atoms with Crippen LogP contribution in [-0.2, 0) is 14.3 Å². The van der Waals surface area contributed by atoms with Gasteiger partial charge in [-0.2, -0.15) is 0 Å². The van der Waals surface area contributed by atoms with Gasteiger partial charge in [-0.1, -0.05) is 24.3 Å². The number of carboxylic acids is 1. The molecule has 2 aromatic rings. The van der Waals surface area contributed by atoms with Crippen molar-refractivity contribution < 1.29 is 29.6 Å². The third kappa shape index (κ3) is 7.83. The molecule has 3 N–H and O–H groups in total. The lowest BCUT2D eigenvalue weighted by Crippen LogP contribution is -1.95. The summed E-state index contributed by atoms with van der Waals surface area (Å²) in [6.45, 7) is 1.52. The SMILES string of the molecule is CC(=Cc1ccc(O)cc1)C(=O)O.COC(=O)C=Cc1ccc(O)cc1. The Morgan fingerprint density at radius 1 is 0.885 bits per heavy atom. The maximum atomic E-state index is 10.7. The van der Waals surface area contributed by atoms with Gasteiger partial charge in [0.1, 0.15) is 11.5 Å². The highest BCUT2D eigenvalue weighted by molar-refractivity contribution is 5.91. The highest BCUT2D eigenvalue weighted by Crippen LogP contribution is 2.12. The summed E-state index contributed by atoms with van der Waals surface area (Å²) in [5.41, 5.74) is 1.87. The summed E-state index contributed by atoms with van der Waals surface area (Å²) in [6, 6.07) is 12.9. The van der Waals surface area contributed by atoms with Crippen molar-refractivity contribution in [3.63, 3.8) is 0 Å². The van der Waals surface area contributed by atoms with Gasteiger partial charge in [0.15, 0.2) is 0 Å². The normalized spacial score (nSPS) is 10.8. The molecule has 0 aliphatic carbocycles. The van der Waals surface area contributed by atoms with Crippen LogP contribution in [-0.4, -0.2) is 34.4 Å². The summed E-state index contributed by atoms with van der Waals surface area (Å²) in [5, 5.41) is 26.5. The number of aromatic hydroxyl groups is 2. The quantitative estimate of drug-likeness (QED) is 0.572. The number of phenolic OH excluding ortho intramolecular Hbond substituents is 2. The summed E-state index contributed by atoms with van der Waals surface area (Å²) in [6.07, 6.45) is 4.49. The Morgan fingerprint density at radius 3 is 1.77 bits per heavy atom. The fourth-order valence-electron chi connectivity index (χ4n) is 1.70. The minimum atomic E-state index is -0.937. The number of hydrogen-bond acceptors (Lipinski definition) is 5. The van der Waals surface area contributed by atoms with E-state index in [0.717, 1.165) is 11.1 Å². The largest absolute Gasteiger partial charge is 0.508 e. The predicted octanol–water partition coefficient (Wildman–Crippen LogP) is 3.46. The van der Waals surface area contributed by atoms with E-state index < -0.39 is 11.9 Å². The van der Waals surface area contributed by atoms with E-state index >= 15 is 0 Å². The van der Waals surface area contributed by atoms with E-state index in [-0.39, 0.29) is 17.1 Å². The molecule has 0 saturated heterocycles. The van der Waals surface area contributed by atoms with Crippen molar-refractivity contribution in [2.75, 3.05) is 7.11 Å². The highest BCUT2D eigenvalue weighted by atomic mass is 16.5. The second-order valence-electron chi connectivity index (χ2n) is 5.17. The number of phenols is 2. The topological polar surface area (TPSA) is 104 Å². The standard InChI is InChI=1S/2C10H10O3/c1-13-10(12)7-4-8-2-5-9(11)6-3-8;1-7(10(12)13)6-8-2-4-9(11)5-3-8/h2-7,11H,1H3;2-6,11H,1H3,(H,12,13). The Kier molecular flexibility index (Phi) is 8.16.